The maximum Gasteiger partial charge on any atom is 0.281 e. The third kappa shape index (κ3) is 2.00. The lowest BCUT2D eigenvalue weighted by molar-refractivity contribution is 0.110. The van der Waals surface area contributed by atoms with Crippen LogP contribution in [0.25, 0.3) is 0 Å². The van der Waals surface area contributed by atoms with Gasteiger partial charge in [-0.2, -0.15) is 0 Å². The van der Waals surface area contributed by atoms with Crippen molar-refractivity contribution in [2.75, 3.05) is 5.73 Å². The quantitative estimate of drug-likeness (QED) is 0.647. The summed E-state index contributed by atoms with van der Waals surface area (Å²) in [6.07, 6.45) is -2.53. The first-order chi connectivity index (χ1) is 6.06. The van der Waals surface area contributed by atoms with Crippen LogP contribution in [-0.4, -0.2) is 11.3 Å². The van der Waals surface area contributed by atoms with Gasteiger partial charge in [-0.1, -0.05) is 0 Å². The van der Waals surface area contributed by atoms with Crippen molar-refractivity contribution >= 4 is 27.9 Å². The van der Waals surface area contributed by atoms with Gasteiger partial charge in [0.25, 0.3) is 6.43 Å². The summed E-state index contributed by atoms with van der Waals surface area (Å²) in [7, 11) is 0. The van der Waals surface area contributed by atoms with Crippen molar-refractivity contribution < 1.29 is 13.6 Å². The lowest BCUT2D eigenvalue weighted by atomic mass is 10.2. The number of nitrogens with two attached hydrogens (primary N) is 1. The predicted octanol–water partition coefficient (Wildman–Crippen LogP) is 2.18. The number of halogens is 3. The number of carbonyl (C=O) groups is 1. The van der Waals surface area contributed by atoms with Gasteiger partial charge in [0.15, 0.2) is 6.29 Å². The summed E-state index contributed by atoms with van der Waals surface area (Å²) in [6, 6.07) is 1.30. The third-order valence-electron chi connectivity index (χ3n) is 1.41. The van der Waals surface area contributed by atoms with E-state index in [2.05, 4.69) is 20.9 Å². The Morgan fingerprint density at radius 1 is 1.62 bits per heavy atom. The van der Waals surface area contributed by atoms with Crippen LogP contribution in [0.3, 0.4) is 0 Å². The molecule has 1 aromatic heterocycles. The van der Waals surface area contributed by atoms with Gasteiger partial charge in [0.2, 0.25) is 0 Å². The van der Waals surface area contributed by atoms with Gasteiger partial charge in [-0.15, -0.1) is 0 Å². The third-order valence-corrected chi connectivity index (χ3v) is 1.82. The molecule has 0 saturated heterocycles. The second-order valence-corrected chi connectivity index (χ2v) is 3.06. The average Bonchev–Trinajstić information content (AvgIpc) is 2.02. The molecule has 2 N–H and O–H groups in total. The van der Waals surface area contributed by atoms with E-state index >= 15 is 0 Å². The zero-order valence-electron chi connectivity index (χ0n) is 6.30. The van der Waals surface area contributed by atoms with Gasteiger partial charge in [-0.25, -0.2) is 13.8 Å². The summed E-state index contributed by atoms with van der Waals surface area (Å²) in [5.74, 6) is 0. The fourth-order valence-corrected chi connectivity index (χ4v) is 1.29. The number of rotatable bonds is 2. The molecule has 0 aromatic carbocycles. The van der Waals surface area contributed by atoms with Gasteiger partial charge in [0.05, 0.1) is 5.56 Å². The van der Waals surface area contributed by atoms with Gasteiger partial charge in [-0.3, -0.25) is 4.79 Å². The van der Waals surface area contributed by atoms with E-state index in [1.54, 1.807) is 0 Å². The predicted molar refractivity (Wildman–Crippen MR) is 46.7 cm³/mol. The van der Waals surface area contributed by atoms with Crippen LogP contribution in [0, 0.1) is 0 Å². The molecule has 70 valence electrons. The first-order valence-corrected chi connectivity index (χ1v) is 4.04. The molecule has 1 aromatic rings. The Bertz CT molecular complexity index is 344. The summed E-state index contributed by atoms with van der Waals surface area (Å²) >= 11 is 2.90. The smallest absolute Gasteiger partial charge is 0.281 e. The molecule has 1 rings (SSSR count). The highest BCUT2D eigenvalue weighted by molar-refractivity contribution is 9.10. The molecule has 0 amide bonds. The molecule has 13 heavy (non-hydrogen) atoms. The number of hydrogen-bond donors (Lipinski definition) is 1. The SMILES string of the molecule is Nc1cc(Br)nc(C(F)F)c1C=O. The summed E-state index contributed by atoms with van der Waals surface area (Å²) in [4.78, 5) is 13.9. The molecule has 0 unspecified atom stereocenters. The van der Waals surface area contributed by atoms with Crippen LogP contribution in [-0.2, 0) is 0 Å². The topological polar surface area (TPSA) is 56.0 Å². The minimum Gasteiger partial charge on any atom is -0.398 e. The van der Waals surface area contributed by atoms with Crippen LogP contribution >= 0.6 is 15.9 Å². The zero-order chi connectivity index (χ0) is 10.0. The molecule has 0 fully saturated rings. The van der Waals surface area contributed by atoms with E-state index in [-0.39, 0.29) is 22.1 Å². The fourth-order valence-electron chi connectivity index (χ4n) is 0.856. The zero-order valence-corrected chi connectivity index (χ0v) is 7.88. The second-order valence-electron chi connectivity index (χ2n) is 2.25. The molecule has 0 bridgehead atoms. The second kappa shape index (κ2) is 3.78. The molecule has 0 atom stereocenters. The Morgan fingerprint density at radius 2 is 2.23 bits per heavy atom. The van der Waals surface area contributed by atoms with Crippen LogP contribution in [0.5, 0.6) is 0 Å². The molecule has 3 nitrogen and oxygen atoms in total. The number of aromatic nitrogens is 1. The minimum absolute atomic E-state index is 0.00725. The van der Waals surface area contributed by atoms with Gasteiger partial charge < -0.3 is 5.73 Å². The average molecular weight is 251 g/mol. The number of carbonyl (C=O) groups excluding carboxylic acids is 1. The van der Waals surface area contributed by atoms with E-state index in [0.717, 1.165) is 0 Å². The van der Waals surface area contributed by atoms with Gasteiger partial charge in [-0.05, 0) is 22.0 Å². The van der Waals surface area contributed by atoms with Crippen molar-refractivity contribution in [1.82, 2.24) is 4.98 Å². The summed E-state index contributed by atoms with van der Waals surface area (Å²) < 4.78 is 24.7. The Balaban J connectivity index is 3.38. The van der Waals surface area contributed by atoms with Crippen molar-refractivity contribution in [2.24, 2.45) is 0 Å². The van der Waals surface area contributed by atoms with Crippen molar-refractivity contribution in [1.29, 1.82) is 0 Å². The van der Waals surface area contributed by atoms with Crippen LogP contribution in [0.2, 0.25) is 0 Å². The molecule has 0 aliphatic heterocycles. The van der Waals surface area contributed by atoms with Crippen LogP contribution in [0.15, 0.2) is 10.7 Å². The largest absolute Gasteiger partial charge is 0.398 e. The molecule has 6 heteroatoms. The van der Waals surface area contributed by atoms with E-state index in [1.807, 2.05) is 0 Å². The molecule has 0 spiro atoms. The maximum absolute atomic E-state index is 12.3. The van der Waals surface area contributed by atoms with Crippen LogP contribution in [0.1, 0.15) is 22.5 Å². The highest BCUT2D eigenvalue weighted by Gasteiger charge is 2.17. The lowest BCUT2D eigenvalue weighted by Crippen LogP contribution is -2.03. The number of alkyl halides is 2. The standard InChI is InChI=1S/C7H5BrF2N2O/c8-5-1-4(11)3(2-13)6(12-5)7(9)10/h1-2,7H,(H2,11,12). The van der Waals surface area contributed by atoms with Gasteiger partial charge in [0.1, 0.15) is 10.3 Å². The molecule has 0 aliphatic rings. The normalized spacial score (nSPS) is 10.5. The van der Waals surface area contributed by atoms with Crippen molar-refractivity contribution in [2.45, 2.75) is 6.43 Å². The summed E-state index contributed by atoms with van der Waals surface area (Å²) in [5, 5.41) is 0. The Morgan fingerprint density at radius 3 is 2.69 bits per heavy atom. The molecule has 1 heterocycles. The van der Waals surface area contributed by atoms with E-state index in [9.17, 15) is 13.6 Å². The van der Waals surface area contributed by atoms with E-state index in [0.29, 0.717) is 0 Å². The molecular weight excluding hydrogens is 246 g/mol. The molecule has 0 aliphatic carbocycles. The Hall–Kier alpha value is -1.04. The molecule has 0 radical (unpaired) electrons. The molecule has 0 saturated carbocycles. The summed E-state index contributed by atoms with van der Waals surface area (Å²) in [5.41, 5.74) is 4.48. The number of anilines is 1. The van der Waals surface area contributed by atoms with Gasteiger partial charge in [0, 0.05) is 5.69 Å². The highest BCUT2D eigenvalue weighted by Crippen LogP contribution is 2.26. The highest BCUT2D eigenvalue weighted by atomic mass is 79.9. The Labute approximate surface area is 81.1 Å². The first-order valence-electron chi connectivity index (χ1n) is 3.25. The number of aldehydes is 1. The lowest BCUT2D eigenvalue weighted by Gasteiger charge is -2.05. The van der Waals surface area contributed by atoms with Gasteiger partial charge >= 0.3 is 0 Å². The van der Waals surface area contributed by atoms with Crippen molar-refractivity contribution in [3.8, 4) is 0 Å². The van der Waals surface area contributed by atoms with E-state index in [4.69, 9.17) is 5.73 Å². The van der Waals surface area contributed by atoms with E-state index < -0.39 is 12.1 Å². The van der Waals surface area contributed by atoms with Crippen molar-refractivity contribution in [3.63, 3.8) is 0 Å². The number of pyridine rings is 1. The summed E-state index contributed by atoms with van der Waals surface area (Å²) in [6.45, 7) is 0. The van der Waals surface area contributed by atoms with Crippen LogP contribution < -0.4 is 5.73 Å². The minimum atomic E-state index is -2.81. The first kappa shape index (κ1) is 10.0. The van der Waals surface area contributed by atoms with E-state index in [1.165, 1.54) is 6.07 Å². The molecular formula is C7H5BrF2N2O. The maximum atomic E-state index is 12.3. The monoisotopic (exact) mass is 250 g/mol. The van der Waals surface area contributed by atoms with Crippen LogP contribution in [0.4, 0.5) is 14.5 Å². The Kier molecular flexibility index (Phi) is 2.92. The number of hydrogen-bond acceptors (Lipinski definition) is 3. The number of nitrogen functional groups attached to an aromatic ring is 1. The van der Waals surface area contributed by atoms with Crippen molar-refractivity contribution in [3.05, 3.63) is 21.9 Å². The number of nitrogens with zero attached hydrogens (tertiary/aromatic N) is 1. The fraction of sp³-hybridized carbons (Fsp3) is 0.143.